The monoisotopic (exact) mass is 232 g/mol. The third-order valence-electron chi connectivity index (χ3n) is 2.57. The Labute approximate surface area is 100 Å². The van der Waals surface area contributed by atoms with Crippen LogP contribution in [0.2, 0.25) is 5.02 Å². The molecule has 0 spiro atoms. The molecule has 2 heteroatoms. The highest BCUT2D eigenvalue weighted by Crippen LogP contribution is 2.22. The summed E-state index contributed by atoms with van der Waals surface area (Å²) in [5, 5.41) is 10.3. The van der Waals surface area contributed by atoms with E-state index >= 15 is 0 Å². The second-order valence-electron chi connectivity index (χ2n) is 3.76. The number of halogens is 1. The summed E-state index contributed by atoms with van der Waals surface area (Å²) in [5.74, 6) is 0.320. The third-order valence-corrected chi connectivity index (χ3v) is 2.80. The number of hydrogen-bond donors (Lipinski definition) is 1. The predicted molar refractivity (Wildman–Crippen MR) is 67.0 cm³/mol. The topological polar surface area (TPSA) is 20.2 Å². The molecule has 0 radical (unpaired) electrons. The maximum atomic E-state index is 9.65. The summed E-state index contributed by atoms with van der Waals surface area (Å²) in [7, 11) is 0. The number of hydrogen-bond acceptors (Lipinski definition) is 1. The maximum absolute atomic E-state index is 9.65. The van der Waals surface area contributed by atoms with Crippen LogP contribution in [0.4, 0.5) is 0 Å². The van der Waals surface area contributed by atoms with Crippen molar-refractivity contribution >= 4 is 11.6 Å². The van der Waals surface area contributed by atoms with Gasteiger partial charge in [0.2, 0.25) is 0 Å². The molecule has 0 fully saturated rings. The van der Waals surface area contributed by atoms with E-state index in [1.807, 2.05) is 24.3 Å². The average molecular weight is 233 g/mol. The van der Waals surface area contributed by atoms with E-state index in [1.54, 1.807) is 12.1 Å². The molecule has 1 N–H and O–H groups in total. The van der Waals surface area contributed by atoms with Crippen molar-refractivity contribution in [3.63, 3.8) is 0 Å². The van der Waals surface area contributed by atoms with Gasteiger partial charge in [0, 0.05) is 5.02 Å². The first-order valence-corrected chi connectivity index (χ1v) is 5.65. The maximum Gasteiger partial charge on any atom is 0.118 e. The number of aromatic hydroxyl groups is 1. The van der Waals surface area contributed by atoms with Crippen molar-refractivity contribution in [3.8, 4) is 5.75 Å². The van der Waals surface area contributed by atoms with Gasteiger partial charge in [-0.2, -0.15) is 0 Å². The van der Waals surface area contributed by atoms with Crippen LogP contribution in [-0.2, 0) is 12.8 Å². The van der Waals surface area contributed by atoms with Crippen LogP contribution in [0, 0.1) is 0 Å². The van der Waals surface area contributed by atoms with E-state index in [0.29, 0.717) is 10.8 Å². The van der Waals surface area contributed by atoms with Crippen LogP contribution in [0.3, 0.4) is 0 Å². The minimum absolute atomic E-state index is 0.320. The second kappa shape index (κ2) is 5.04. The van der Waals surface area contributed by atoms with Crippen molar-refractivity contribution in [2.45, 2.75) is 12.8 Å². The van der Waals surface area contributed by atoms with Crippen molar-refractivity contribution in [1.29, 1.82) is 0 Å². The van der Waals surface area contributed by atoms with Crippen LogP contribution in [-0.4, -0.2) is 5.11 Å². The number of rotatable bonds is 3. The predicted octanol–water partition coefficient (Wildman–Crippen LogP) is 3.83. The molecule has 0 aliphatic carbocycles. The highest BCUT2D eigenvalue weighted by molar-refractivity contribution is 6.30. The van der Waals surface area contributed by atoms with Gasteiger partial charge in [-0.3, -0.25) is 0 Å². The Morgan fingerprint density at radius 2 is 1.69 bits per heavy atom. The first kappa shape index (κ1) is 11.0. The van der Waals surface area contributed by atoms with E-state index in [-0.39, 0.29) is 0 Å². The number of phenolic OH excluding ortho intramolecular Hbond substituents is 1. The zero-order chi connectivity index (χ0) is 11.4. The van der Waals surface area contributed by atoms with E-state index in [1.165, 1.54) is 5.56 Å². The zero-order valence-corrected chi connectivity index (χ0v) is 9.61. The van der Waals surface area contributed by atoms with Crippen LogP contribution in [0.5, 0.6) is 5.75 Å². The fourth-order valence-corrected chi connectivity index (χ4v) is 1.87. The van der Waals surface area contributed by atoms with Gasteiger partial charge in [0.1, 0.15) is 5.75 Å². The van der Waals surface area contributed by atoms with Gasteiger partial charge < -0.3 is 5.11 Å². The molecule has 0 aliphatic rings. The van der Waals surface area contributed by atoms with Crippen molar-refractivity contribution in [2.24, 2.45) is 0 Å². The molecule has 0 unspecified atom stereocenters. The minimum atomic E-state index is 0.320. The largest absolute Gasteiger partial charge is 0.508 e. The van der Waals surface area contributed by atoms with Gasteiger partial charge in [-0.15, -0.1) is 0 Å². The van der Waals surface area contributed by atoms with Gasteiger partial charge in [-0.25, -0.2) is 0 Å². The van der Waals surface area contributed by atoms with Gasteiger partial charge in [0.15, 0.2) is 0 Å². The fourth-order valence-electron chi connectivity index (χ4n) is 1.68. The highest BCUT2D eigenvalue weighted by Gasteiger charge is 2.02. The molecule has 2 aromatic rings. The van der Waals surface area contributed by atoms with E-state index in [9.17, 15) is 5.11 Å². The molecule has 0 amide bonds. The van der Waals surface area contributed by atoms with E-state index in [4.69, 9.17) is 11.6 Å². The first-order valence-electron chi connectivity index (χ1n) is 5.27. The molecule has 2 rings (SSSR count). The van der Waals surface area contributed by atoms with Gasteiger partial charge in [-0.1, -0.05) is 41.9 Å². The molecule has 0 heterocycles. The molecule has 16 heavy (non-hydrogen) atoms. The van der Waals surface area contributed by atoms with E-state index < -0.39 is 0 Å². The van der Waals surface area contributed by atoms with Gasteiger partial charge >= 0.3 is 0 Å². The van der Waals surface area contributed by atoms with Crippen LogP contribution < -0.4 is 0 Å². The summed E-state index contributed by atoms with van der Waals surface area (Å²) in [6, 6.07) is 15.4. The molecular weight excluding hydrogens is 220 g/mol. The Morgan fingerprint density at radius 3 is 2.44 bits per heavy atom. The van der Waals surface area contributed by atoms with Crippen LogP contribution in [0.1, 0.15) is 11.1 Å². The molecule has 0 aromatic heterocycles. The van der Waals surface area contributed by atoms with Crippen LogP contribution in [0.15, 0.2) is 48.5 Å². The van der Waals surface area contributed by atoms with Gasteiger partial charge in [0.25, 0.3) is 0 Å². The summed E-state index contributed by atoms with van der Waals surface area (Å²) in [6.07, 6.45) is 1.71. The number of benzene rings is 2. The Bertz CT molecular complexity index is 465. The standard InChI is InChI=1S/C14H13ClO/c15-13-8-9-14(16)12(10-13)7-6-11-4-2-1-3-5-11/h1-5,8-10,16H,6-7H2. The Balaban J connectivity index is 2.08. The van der Waals surface area contributed by atoms with Crippen molar-refractivity contribution in [1.82, 2.24) is 0 Å². The molecule has 0 saturated carbocycles. The quantitative estimate of drug-likeness (QED) is 0.853. The summed E-state index contributed by atoms with van der Waals surface area (Å²) < 4.78 is 0. The minimum Gasteiger partial charge on any atom is -0.508 e. The lowest BCUT2D eigenvalue weighted by Gasteiger charge is -2.05. The summed E-state index contributed by atoms with van der Waals surface area (Å²) >= 11 is 5.89. The van der Waals surface area contributed by atoms with Crippen molar-refractivity contribution < 1.29 is 5.11 Å². The lowest BCUT2D eigenvalue weighted by Crippen LogP contribution is -1.91. The zero-order valence-electron chi connectivity index (χ0n) is 8.86. The Hall–Kier alpha value is -1.47. The molecule has 0 saturated heterocycles. The summed E-state index contributed by atoms with van der Waals surface area (Å²) in [5.41, 5.74) is 2.17. The molecule has 0 aliphatic heterocycles. The number of phenols is 1. The van der Waals surface area contributed by atoms with Crippen LogP contribution in [0.25, 0.3) is 0 Å². The smallest absolute Gasteiger partial charge is 0.118 e. The second-order valence-corrected chi connectivity index (χ2v) is 4.20. The van der Waals surface area contributed by atoms with Gasteiger partial charge in [-0.05, 0) is 42.2 Å². The van der Waals surface area contributed by atoms with Gasteiger partial charge in [0.05, 0.1) is 0 Å². The summed E-state index contributed by atoms with van der Waals surface area (Å²) in [6.45, 7) is 0. The SMILES string of the molecule is Oc1ccc(Cl)cc1CCc1ccccc1. The van der Waals surface area contributed by atoms with Crippen molar-refractivity contribution in [2.75, 3.05) is 0 Å². The van der Waals surface area contributed by atoms with Crippen molar-refractivity contribution in [3.05, 3.63) is 64.7 Å². The van der Waals surface area contributed by atoms with Crippen LogP contribution >= 0.6 is 11.6 Å². The molecule has 2 aromatic carbocycles. The normalized spacial score (nSPS) is 10.3. The molecule has 1 nitrogen and oxygen atoms in total. The highest BCUT2D eigenvalue weighted by atomic mass is 35.5. The third kappa shape index (κ3) is 2.77. The number of aryl methyl sites for hydroxylation is 2. The molecule has 0 bridgehead atoms. The molecular formula is C14H13ClO. The lowest BCUT2D eigenvalue weighted by atomic mass is 10.0. The average Bonchev–Trinajstić information content (AvgIpc) is 2.32. The Morgan fingerprint density at radius 1 is 0.938 bits per heavy atom. The Kier molecular flexibility index (Phi) is 3.47. The van der Waals surface area contributed by atoms with E-state index in [0.717, 1.165) is 18.4 Å². The fraction of sp³-hybridized carbons (Fsp3) is 0.143. The molecule has 0 atom stereocenters. The lowest BCUT2D eigenvalue weighted by molar-refractivity contribution is 0.468. The molecule has 82 valence electrons. The summed E-state index contributed by atoms with van der Waals surface area (Å²) in [4.78, 5) is 0. The van der Waals surface area contributed by atoms with E-state index in [2.05, 4.69) is 12.1 Å². The first-order chi connectivity index (χ1) is 7.75.